The van der Waals surface area contributed by atoms with E-state index in [1.807, 2.05) is 36.4 Å². The fraction of sp³-hybridized carbons (Fsp3) is 0.364. The van der Waals surface area contributed by atoms with Crippen molar-refractivity contribution in [1.29, 1.82) is 0 Å². The van der Waals surface area contributed by atoms with Crippen molar-refractivity contribution < 1.29 is 24.2 Å². The number of hydrogen-bond donors (Lipinski definition) is 2. The summed E-state index contributed by atoms with van der Waals surface area (Å²) < 4.78 is 10.6. The molecule has 2 aromatic carbocycles. The van der Waals surface area contributed by atoms with Crippen molar-refractivity contribution in [3.63, 3.8) is 0 Å². The van der Waals surface area contributed by atoms with Crippen LogP contribution in [-0.2, 0) is 14.3 Å². The Hall–Kier alpha value is -2.86. The van der Waals surface area contributed by atoms with Crippen molar-refractivity contribution in [3.8, 4) is 11.1 Å². The van der Waals surface area contributed by atoms with E-state index in [1.54, 1.807) is 0 Å². The van der Waals surface area contributed by atoms with E-state index in [0.29, 0.717) is 0 Å². The van der Waals surface area contributed by atoms with Gasteiger partial charge in [-0.3, -0.25) is 0 Å². The molecule has 2 aliphatic carbocycles. The molecule has 1 amide bonds. The second-order valence-electron chi connectivity index (χ2n) is 7.43. The van der Waals surface area contributed by atoms with Gasteiger partial charge in [0.25, 0.3) is 0 Å². The predicted octanol–water partition coefficient (Wildman–Crippen LogP) is 3.40. The van der Waals surface area contributed by atoms with Gasteiger partial charge in [-0.15, -0.1) is 0 Å². The molecule has 0 spiro atoms. The minimum Gasteiger partial charge on any atom is -0.479 e. The molecule has 2 aromatic rings. The van der Waals surface area contributed by atoms with E-state index in [9.17, 15) is 14.7 Å². The van der Waals surface area contributed by atoms with Crippen LogP contribution in [0.25, 0.3) is 11.1 Å². The van der Waals surface area contributed by atoms with Gasteiger partial charge in [0.1, 0.15) is 6.61 Å². The van der Waals surface area contributed by atoms with Crippen LogP contribution in [0.5, 0.6) is 0 Å². The normalized spacial score (nSPS) is 17.3. The molecule has 0 aliphatic heterocycles. The highest BCUT2D eigenvalue weighted by molar-refractivity contribution is 5.85. The molecule has 1 atom stereocenters. The van der Waals surface area contributed by atoms with Gasteiger partial charge in [0.05, 0.1) is 6.61 Å². The molecule has 4 rings (SSSR count). The van der Waals surface area contributed by atoms with Crippen LogP contribution in [-0.4, -0.2) is 43.0 Å². The molecular weight excluding hydrogens is 358 g/mol. The molecule has 0 bridgehead atoms. The van der Waals surface area contributed by atoms with Gasteiger partial charge in [0.15, 0.2) is 5.54 Å². The summed E-state index contributed by atoms with van der Waals surface area (Å²) in [6.07, 6.45) is 0.770. The molecule has 1 fully saturated rings. The van der Waals surface area contributed by atoms with Gasteiger partial charge in [-0.25, -0.2) is 9.59 Å². The first-order valence-corrected chi connectivity index (χ1v) is 9.42. The van der Waals surface area contributed by atoms with Crippen LogP contribution in [0.1, 0.15) is 29.9 Å². The Morgan fingerprint density at radius 2 is 1.64 bits per heavy atom. The number of rotatable bonds is 7. The van der Waals surface area contributed by atoms with E-state index in [4.69, 9.17) is 9.47 Å². The molecule has 0 heterocycles. The molecule has 2 aliphatic rings. The average Bonchev–Trinajstić information content (AvgIpc) is 3.49. The number of aliphatic carboxylic acids is 1. The van der Waals surface area contributed by atoms with Crippen LogP contribution in [0.2, 0.25) is 0 Å². The second kappa shape index (κ2) is 7.28. The minimum atomic E-state index is -1.43. The molecule has 1 unspecified atom stereocenters. The quantitative estimate of drug-likeness (QED) is 0.768. The highest BCUT2D eigenvalue weighted by Gasteiger charge is 2.53. The highest BCUT2D eigenvalue weighted by atomic mass is 16.6. The van der Waals surface area contributed by atoms with Gasteiger partial charge in [0, 0.05) is 13.0 Å². The Balaban J connectivity index is 1.50. The number of fused-ring (bicyclic) bond motifs is 3. The van der Waals surface area contributed by atoms with Gasteiger partial charge in [-0.2, -0.15) is 0 Å². The van der Waals surface area contributed by atoms with Crippen molar-refractivity contribution in [2.24, 2.45) is 5.92 Å². The number of hydrogen-bond acceptors (Lipinski definition) is 4. The van der Waals surface area contributed by atoms with E-state index < -0.39 is 17.6 Å². The first kappa shape index (κ1) is 18.5. The van der Waals surface area contributed by atoms with Crippen LogP contribution >= 0.6 is 0 Å². The molecule has 0 radical (unpaired) electrons. The third-order valence-electron chi connectivity index (χ3n) is 5.70. The lowest BCUT2D eigenvalue weighted by atomic mass is 9.94. The maximum Gasteiger partial charge on any atom is 0.408 e. The lowest BCUT2D eigenvalue weighted by Gasteiger charge is -2.29. The maximum absolute atomic E-state index is 12.5. The summed E-state index contributed by atoms with van der Waals surface area (Å²) in [4.78, 5) is 24.4. The summed E-state index contributed by atoms with van der Waals surface area (Å²) in [6, 6.07) is 16.1. The van der Waals surface area contributed by atoms with Gasteiger partial charge in [-0.05, 0) is 41.0 Å². The minimum absolute atomic E-state index is 0.0688. The Labute approximate surface area is 163 Å². The third-order valence-corrected chi connectivity index (χ3v) is 5.70. The topological polar surface area (TPSA) is 84.9 Å². The number of carbonyl (C=O) groups excluding carboxylic acids is 1. The van der Waals surface area contributed by atoms with Gasteiger partial charge in [0.2, 0.25) is 0 Å². The Bertz CT molecular complexity index is 862. The van der Waals surface area contributed by atoms with Crippen LogP contribution < -0.4 is 5.32 Å². The average molecular weight is 381 g/mol. The van der Waals surface area contributed by atoms with Crippen molar-refractivity contribution >= 4 is 12.1 Å². The second-order valence-corrected chi connectivity index (χ2v) is 7.43. The van der Waals surface area contributed by atoms with Crippen LogP contribution in [0.3, 0.4) is 0 Å². The number of nitrogens with one attached hydrogen (secondary N) is 1. The number of benzene rings is 2. The molecule has 1 saturated carbocycles. The van der Waals surface area contributed by atoms with E-state index in [2.05, 4.69) is 17.4 Å². The lowest BCUT2D eigenvalue weighted by Crippen LogP contribution is -2.59. The molecular formula is C22H23NO5. The number of carbonyl (C=O) groups is 2. The lowest BCUT2D eigenvalue weighted by molar-refractivity contribution is -0.148. The van der Waals surface area contributed by atoms with Gasteiger partial charge in [-0.1, -0.05) is 48.5 Å². The van der Waals surface area contributed by atoms with Crippen molar-refractivity contribution in [1.82, 2.24) is 5.32 Å². The van der Waals surface area contributed by atoms with Crippen molar-refractivity contribution in [2.75, 3.05) is 20.3 Å². The molecule has 0 aromatic heterocycles. The molecule has 0 saturated heterocycles. The van der Waals surface area contributed by atoms with Crippen molar-refractivity contribution in [2.45, 2.75) is 24.3 Å². The van der Waals surface area contributed by atoms with Crippen LogP contribution in [0.4, 0.5) is 4.79 Å². The van der Waals surface area contributed by atoms with E-state index in [-0.39, 0.29) is 25.0 Å². The maximum atomic E-state index is 12.5. The summed E-state index contributed by atoms with van der Waals surface area (Å²) in [5, 5.41) is 12.3. The van der Waals surface area contributed by atoms with Gasteiger partial charge < -0.3 is 19.9 Å². The summed E-state index contributed by atoms with van der Waals surface area (Å²) in [5.41, 5.74) is 3.08. The number of carboxylic acids is 1. The Morgan fingerprint density at radius 1 is 1.07 bits per heavy atom. The SMILES string of the molecule is COCC(NC(=O)OCC1c2ccccc2-c2ccccc21)(C(=O)O)C1CC1. The molecule has 6 nitrogen and oxygen atoms in total. The zero-order chi connectivity index (χ0) is 19.7. The number of amides is 1. The van der Waals surface area contributed by atoms with Crippen molar-refractivity contribution in [3.05, 3.63) is 59.7 Å². The number of carboxylic acid groups (broad SMARTS) is 1. The number of alkyl carbamates (subject to hydrolysis) is 1. The first-order valence-electron chi connectivity index (χ1n) is 9.42. The molecule has 2 N–H and O–H groups in total. The van der Waals surface area contributed by atoms with Crippen LogP contribution in [0.15, 0.2) is 48.5 Å². The fourth-order valence-corrected chi connectivity index (χ4v) is 4.17. The molecule has 28 heavy (non-hydrogen) atoms. The summed E-state index contributed by atoms with van der Waals surface area (Å²) in [5.74, 6) is -1.29. The van der Waals surface area contributed by atoms with Crippen LogP contribution in [0, 0.1) is 5.92 Å². The molecule has 146 valence electrons. The highest BCUT2D eigenvalue weighted by Crippen LogP contribution is 2.44. The smallest absolute Gasteiger partial charge is 0.408 e. The predicted molar refractivity (Wildman–Crippen MR) is 103 cm³/mol. The Morgan fingerprint density at radius 3 is 2.14 bits per heavy atom. The fourth-order valence-electron chi connectivity index (χ4n) is 4.17. The van der Waals surface area contributed by atoms with E-state index >= 15 is 0 Å². The summed E-state index contributed by atoms with van der Waals surface area (Å²) in [6.45, 7) is 0.0599. The zero-order valence-corrected chi connectivity index (χ0v) is 15.7. The third kappa shape index (κ3) is 3.14. The number of ether oxygens (including phenoxy) is 2. The summed E-state index contributed by atoms with van der Waals surface area (Å²) in [7, 11) is 1.43. The Kier molecular flexibility index (Phi) is 4.81. The standard InChI is InChI=1S/C22H23NO5/c1-27-13-22(20(24)25,14-10-11-14)23-21(26)28-12-19-17-8-4-2-6-15(17)16-7-3-5-9-18(16)19/h2-9,14,19H,10-13H2,1H3,(H,23,26)(H,24,25). The first-order chi connectivity index (χ1) is 13.6. The van der Waals surface area contributed by atoms with Gasteiger partial charge >= 0.3 is 12.1 Å². The largest absolute Gasteiger partial charge is 0.479 e. The summed E-state index contributed by atoms with van der Waals surface area (Å²) >= 11 is 0. The monoisotopic (exact) mass is 381 g/mol. The van der Waals surface area contributed by atoms with E-state index in [0.717, 1.165) is 35.1 Å². The number of methoxy groups -OCH3 is 1. The van der Waals surface area contributed by atoms with E-state index in [1.165, 1.54) is 7.11 Å². The molecule has 6 heteroatoms. The zero-order valence-electron chi connectivity index (χ0n) is 15.7.